The van der Waals surface area contributed by atoms with E-state index in [1.54, 1.807) is 14.0 Å². The molecule has 1 unspecified atom stereocenters. The Bertz CT molecular complexity index is 293. The summed E-state index contributed by atoms with van der Waals surface area (Å²) in [6.45, 7) is 6.76. The van der Waals surface area contributed by atoms with Crippen molar-refractivity contribution in [2.75, 3.05) is 26.9 Å². The molecule has 0 aliphatic heterocycles. The van der Waals surface area contributed by atoms with Crippen LogP contribution in [0.15, 0.2) is 0 Å². The van der Waals surface area contributed by atoms with E-state index in [0.29, 0.717) is 19.8 Å². The van der Waals surface area contributed by atoms with Crippen LogP contribution in [0.1, 0.15) is 33.6 Å². The second kappa shape index (κ2) is 8.87. The van der Waals surface area contributed by atoms with E-state index in [1.165, 1.54) is 0 Å². The Kier molecular flexibility index (Phi) is 8.34. The van der Waals surface area contributed by atoms with Crippen LogP contribution in [0, 0.1) is 5.92 Å². The van der Waals surface area contributed by atoms with Gasteiger partial charge in [0.25, 0.3) is 0 Å². The third kappa shape index (κ3) is 7.79. The zero-order valence-electron chi connectivity index (χ0n) is 12.2. The van der Waals surface area contributed by atoms with Crippen molar-refractivity contribution in [3.63, 3.8) is 0 Å². The quantitative estimate of drug-likeness (QED) is 0.582. The van der Waals surface area contributed by atoms with Crippen molar-refractivity contribution < 1.29 is 24.2 Å². The fourth-order valence-electron chi connectivity index (χ4n) is 1.50. The van der Waals surface area contributed by atoms with E-state index in [0.717, 1.165) is 0 Å². The average Bonchev–Trinajstić information content (AvgIpc) is 2.27. The first-order chi connectivity index (χ1) is 8.81. The third-order valence-corrected chi connectivity index (χ3v) is 3.12. The maximum atomic E-state index is 11.8. The second-order valence-electron chi connectivity index (χ2n) is 5.05. The molecule has 19 heavy (non-hydrogen) atoms. The maximum Gasteiger partial charge on any atom is 0.305 e. The van der Waals surface area contributed by atoms with E-state index in [9.17, 15) is 9.59 Å². The molecule has 6 heteroatoms. The number of amides is 1. The number of carboxylic acid groups (broad SMARTS) is 1. The number of carboxylic acids is 1. The molecule has 0 aromatic rings. The number of carbonyl (C=O) groups excluding carboxylic acids is 1. The standard InChI is InChI=1S/C13H25NO5/c1-10(2)13(3,9-12(16)17)14-11(15)5-6-19-8-7-18-4/h10H,5-9H2,1-4H3,(H,14,15)(H,16,17). The predicted octanol–water partition coefficient (Wildman–Crippen LogP) is 1.05. The minimum Gasteiger partial charge on any atom is -0.481 e. The molecule has 0 saturated carbocycles. The van der Waals surface area contributed by atoms with Crippen molar-refractivity contribution in [2.45, 2.75) is 39.2 Å². The molecule has 0 bridgehead atoms. The highest BCUT2D eigenvalue weighted by molar-refractivity contribution is 5.78. The van der Waals surface area contributed by atoms with Crippen LogP contribution in [0.3, 0.4) is 0 Å². The van der Waals surface area contributed by atoms with Crippen LogP contribution in [-0.4, -0.2) is 49.5 Å². The van der Waals surface area contributed by atoms with Crippen molar-refractivity contribution in [1.29, 1.82) is 0 Å². The van der Waals surface area contributed by atoms with Gasteiger partial charge in [-0.3, -0.25) is 9.59 Å². The fourth-order valence-corrected chi connectivity index (χ4v) is 1.50. The lowest BCUT2D eigenvalue weighted by Crippen LogP contribution is -2.51. The Balaban J connectivity index is 4.14. The summed E-state index contributed by atoms with van der Waals surface area (Å²) in [6, 6.07) is 0. The van der Waals surface area contributed by atoms with Gasteiger partial charge in [-0.15, -0.1) is 0 Å². The summed E-state index contributed by atoms with van der Waals surface area (Å²) in [7, 11) is 1.58. The highest BCUT2D eigenvalue weighted by Crippen LogP contribution is 2.20. The largest absolute Gasteiger partial charge is 0.481 e. The molecule has 0 rings (SSSR count). The van der Waals surface area contributed by atoms with Crippen molar-refractivity contribution in [3.05, 3.63) is 0 Å². The lowest BCUT2D eigenvalue weighted by Gasteiger charge is -2.33. The molecule has 0 spiro atoms. The lowest BCUT2D eigenvalue weighted by atomic mass is 9.85. The topological polar surface area (TPSA) is 84.9 Å². The first kappa shape index (κ1) is 17.9. The molecule has 0 heterocycles. The molecule has 2 N–H and O–H groups in total. The summed E-state index contributed by atoms with van der Waals surface area (Å²) >= 11 is 0. The Morgan fingerprint density at radius 2 is 1.89 bits per heavy atom. The van der Waals surface area contributed by atoms with Gasteiger partial charge in [-0.1, -0.05) is 13.8 Å². The van der Waals surface area contributed by atoms with Crippen LogP contribution in [0.2, 0.25) is 0 Å². The van der Waals surface area contributed by atoms with Gasteiger partial charge in [-0.2, -0.15) is 0 Å². The second-order valence-corrected chi connectivity index (χ2v) is 5.05. The summed E-state index contributed by atoms with van der Waals surface area (Å²) in [5.41, 5.74) is -0.741. The van der Waals surface area contributed by atoms with E-state index < -0.39 is 11.5 Å². The van der Waals surface area contributed by atoms with Crippen molar-refractivity contribution in [1.82, 2.24) is 5.32 Å². The summed E-state index contributed by atoms with van der Waals surface area (Å²) in [5, 5.41) is 11.7. The molecule has 0 aliphatic rings. The third-order valence-electron chi connectivity index (χ3n) is 3.12. The Morgan fingerprint density at radius 1 is 1.26 bits per heavy atom. The number of methoxy groups -OCH3 is 1. The Morgan fingerprint density at radius 3 is 2.37 bits per heavy atom. The molecule has 0 aromatic heterocycles. The Hall–Kier alpha value is -1.14. The monoisotopic (exact) mass is 275 g/mol. The van der Waals surface area contributed by atoms with Crippen molar-refractivity contribution in [3.8, 4) is 0 Å². The number of rotatable bonds is 10. The molecule has 1 atom stereocenters. The molecule has 112 valence electrons. The van der Waals surface area contributed by atoms with Gasteiger partial charge in [0.2, 0.25) is 5.91 Å². The van der Waals surface area contributed by atoms with E-state index in [1.807, 2.05) is 13.8 Å². The van der Waals surface area contributed by atoms with Gasteiger partial charge in [0, 0.05) is 19.1 Å². The van der Waals surface area contributed by atoms with Crippen molar-refractivity contribution in [2.24, 2.45) is 5.92 Å². The van der Waals surface area contributed by atoms with E-state index in [-0.39, 0.29) is 24.7 Å². The van der Waals surface area contributed by atoms with Gasteiger partial charge < -0.3 is 19.9 Å². The molecule has 0 radical (unpaired) electrons. The van der Waals surface area contributed by atoms with E-state index in [2.05, 4.69) is 5.32 Å². The fraction of sp³-hybridized carbons (Fsp3) is 0.846. The van der Waals surface area contributed by atoms with Gasteiger partial charge in [0.05, 0.1) is 26.2 Å². The molecule has 0 aliphatic carbocycles. The summed E-state index contributed by atoms with van der Waals surface area (Å²) in [6.07, 6.45) is 0.118. The summed E-state index contributed by atoms with van der Waals surface area (Å²) in [5.74, 6) is -1.09. The normalized spacial score (nSPS) is 14.2. The molecular formula is C13H25NO5. The predicted molar refractivity (Wildman–Crippen MR) is 71.0 cm³/mol. The average molecular weight is 275 g/mol. The van der Waals surface area contributed by atoms with Crippen LogP contribution in [0.4, 0.5) is 0 Å². The number of hydrogen-bond donors (Lipinski definition) is 2. The highest BCUT2D eigenvalue weighted by Gasteiger charge is 2.32. The molecule has 6 nitrogen and oxygen atoms in total. The number of aliphatic carboxylic acids is 1. The smallest absolute Gasteiger partial charge is 0.305 e. The molecule has 1 amide bonds. The lowest BCUT2D eigenvalue weighted by molar-refractivity contribution is -0.139. The highest BCUT2D eigenvalue weighted by atomic mass is 16.5. The van der Waals surface area contributed by atoms with Gasteiger partial charge >= 0.3 is 5.97 Å². The first-order valence-corrected chi connectivity index (χ1v) is 6.41. The van der Waals surface area contributed by atoms with Crippen LogP contribution in [-0.2, 0) is 19.1 Å². The molecule has 0 fully saturated rings. The van der Waals surface area contributed by atoms with Crippen LogP contribution < -0.4 is 5.32 Å². The Labute approximate surface area is 114 Å². The summed E-state index contributed by atoms with van der Waals surface area (Å²) in [4.78, 5) is 22.6. The molecule has 0 aromatic carbocycles. The van der Waals surface area contributed by atoms with Crippen LogP contribution in [0.25, 0.3) is 0 Å². The SMILES string of the molecule is COCCOCCC(=O)NC(C)(CC(=O)O)C(C)C. The zero-order chi connectivity index (χ0) is 14.9. The van der Waals surface area contributed by atoms with Gasteiger partial charge in [0.15, 0.2) is 0 Å². The van der Waals surface area contributed by atoms with Crippen LogP contribution in [0.5, 0.6) is 0 Å². The molecule has 0 saturated heterocycles. The zero-order valence-corrected chi connectivity index (χ0v) is 12.2. The van der Waals surface area contributed by atoms with Gasteiger partial charge in [-0.05, 0) is 12.8 Å². The van der Waals surface area contributed by atoms with E-state index >= 15 is 0 Å². The van der Waals surface area contributed by atoms with E-state index in [4.69, 9.17) is 14.6 Å². The maximum absolute atomic E-state index is 11.8. The van der Waals surface area contributed by atoms with Crippen molar-refractivity contribution >= 4 is 11.9 Å². The minimum atomic E-state index is -0.923. The van der Waals surface area contributed by atoms with Gasteiger partial charge in [0.1, 0.15) is 0 Å². The van der Waals surface area contributed by atoms with Gasteiger partial charge in [-0.25, -0.2) is 0 Å². The number of hydrogen-bond acceptors (Lipinski definition) is 4. The summed E-state index contributed by atoms with van der Waals surface area (Å²) < 4.78 is 10.0. The molecular weight excluding hydrogens is 250 g/mol. The number of ether oxygens (including phenoxy) is 2. The minimum absolute atomic E-state index is 0.0296. The van der Waals surface area contributed by atoms with Crippen LogP contribution >= 0.6 is 0 Å². The number of nitrogens with one attached hydrogen (secondary N) is 1. The number of carbonyl (C=O) groups is 2. The first-order valence-electron chi connectivity index (χ1n) is 6.41.